The molecule has 8 nitrogen and oxygen atoms in total. The Balaban J connectivity index is 1.62. The molecule has 0 aliphatic carbocycles. The van der Waals surface area contributed by atoms with Crippen molar-refractivity contribution in [1.29, 1.82) is 0 Å². The molecule has 0 spiro atoms. The third-order valence-electron chi connectivity index (χ3n) is 2.91. The van der Waals surface area contributed by atoms with Gasteiger partial charge in [0.2, 0.25) is 16.9 Å². The molecule has 3 rings (SSSR count). The molecule has 0 saturated carbocycles. The molecule has 1 N–H and O–H groups in total. The SMILES string of the molecule is Cc1cc(NC(=O)[C@@H](C)Sc2nnnn2Cc2cccs2)on1. The van der Waals surface area contributed by atoms with Crippen molar-refractivity contribution in [1.82, 2.24) is 25.4 Å². The van der Waals surface area contributed by atoms with Crippen LogP contribution in [0.3, 0.4) is 0 Å². The third kappa shape index (κ3) is 3.96. The number of anilines is 1. The van der Waals surface area contributed by atoms with Gasteiger partial charge in [0.15, 0.2) is 0 Å². The summed E-state index contributed by atoms with van der Waals surface area (Å²) < 4.78 is 6.66. The van der Waals surface area contributed by atoms with Crippen LogP contribution in [0.1, 0.15) is 17.5 Å². The standard InChI is InChI=1S/C13H14N6O2S2/c1-8-6-11(21-16-8)14-12(20)9(2)23-13-15-17-18-19(13)7-10-4-3-5-22-10/h3-6,9H,7H2,1-2H3,(H,14,20)/t9-/m1/s1. The first-order chi connectivity index (χ1) is 11.1. The first kappa shape index (κ1) is 15.7. The Hall–Kier alpha value is -2.20. The van der Waals surface area contributed by atoms with Crippen molar-refractivity contribution < 1.29 is 9.32 Å². The Labute approximate surface area is 140 Å². The summed E-state index contributed by atoms with van der Waals surface area (Å²) in [7, 11) is 0. The van der Waals surface area contributed by atoms with Gasteiger partial charge in [-0.1, -0.05) is 23.0 Å². The lowest BCUT2D eigenvalue weighted by Crippen LogP contribution is -2.22. The summed E-state index contributed by atoms with van der Waals surface area (Å²) in [5.74, 6) is 0.134. The molecule has 0 aromatic carbocycles. The van der Waals surface area contributed by atoms with Gasteiger partial charge in [-0.2, -0.15) is 0 Å². The zero-order valence-electron chi connectivity index (χ0n) is 12.5. The van der Waals surface area contributed by atoms with Crippen molar-refractivity contribution in [3.8, 4) is 0 Å². The van der Waals surface area contributed by atoms with Crippen LogP contribution in [-0.2, 0) is 11.3 Å². The summed E-state index contributed by atoms with van der Waals surface area (Å²) in [6.07, 6.45) is 0. The lowest BCUT2D eigenvalue weighted by molar-refractivity contribution is -0.115. The van der Waals surface area contributed by atoms with Crippen LogP contribution in [0.25, 0.3) is 0 Å². The predicted octanol–water partition coefficient (Wildman–Crippen LogP) is 2.20. The molecule has 0 radical (unpaired) electrons. The molecule has 3 aromatic heterocycles. The van der Waals surface area contributed by atoms with Gasteiger partial charge >= 0.3 is 0 Å². The minimum Gasteiger partial charge on any atom is -0.338 e. The fourth-order valence-electron chi connectivity index (χ4n) is 1.79. The van der Waals surface area contributed by atoms with Gasteiger partial charge in [0.25, 0.3) is 0 Å². The van der Waals surface area contributed by atoms with E-state index in [9.17, 15) is 4.79 Å². The number of nitrogens with zero attached hydrogens (tertiary/aromatic N) is 5. The first-order valence-electron chi connectivity index (χ1n) is 6.81. The number of carbonyl (C=O) groups is 1. The first-order valence-corrected chi connectivity index (χ1v) is 8.57. The molecular weight excluding hydrogens is 336 g/mol. The molecule has 0 fully saturated rings. The number of carbonyl (C=O) groups excluding carboxylic acids is 1. The van der Waals surface area contributed by atoms with Crippen LogP contribution in [0, 0.1) is 6.92 Å². The summed E-state index contributed by atoms with van der Waals surface area (Å²) in [5.41, 5.74) is 0.709. The minimum absolute atomic E-state index is 0.197. The second-order valence-corrected chi connectivity index (χ2v) is 7.12. The summed E-state index contributed by atoms with van der Waals surface area (Å²) in [4.78, 5) is 13.3. The van der Waals surface area contributed by atoms with E-state index in [1.165, 1.54) is 11.8 Å². The lowest BCUT2D eigenvalue weighted by Gasteiger charge is -2.09. The summed E-state index contributed by atoms with van der Waals surface area (Å²) in [6, 6.07) is 5.66. The highest BCUT2D eigenvalue weighted by Crippen LogP contribution is 2.23. The van der Waals surface area contributed by atoms with Gasteiger partial charge in [-0.25, -0.2) is 4.68 Å². The van der Waals surface area contributed by atoms with Crippen LogP contribution >= 0.6 is 23.1 Å². The highest BCUT2D eigenvalue weighted by atomic mass is 32.2. The van der Waals surface area contributed by atoms with Crippen molar-refractivity contribution >= 4 is 34.9 Å². The van der Waals surface area contributed by atoms with E-state index in [0.29, 0.717) is 23.3 Å². The average molecular weight is 350 g/mol. The maximum absolute atomic E-state index is 12.2. The number of aromatic nitrogens is 5. The molecule has 1 amide bonds. The third-order valence-corrected chi connectivity index (χ3v) is 4.84. The second kappa shape index (κ2) is 6.92. The molecule has 0 unspecified atom stereocenters. The number of nitrogens with one attached hydrogen (secondary N) is 1. The van der Waals surface area contributed by atoms with E-state index in [1.54, 1.807) is 35.9 Å². The highest BCUT2D eigenvalue weighted by molar-refractivity contribution is 8.00. The Bertz CT molecular complexity index is 782. The predicted molar refractivity (Wildman–Crippen MR) is 86.4 cm³/mol. The van der Waals surface area contributed by atoms with Crippen molar-refractivity contribution in [2.24, 2.45) is 0 Å². The second-order valence-electron chi connectivity index (χ2n) is 4.78. The number of thioether (sulfide) groups is 1. The van der Waals surface area contributed by atoms with E-state index in [1.807, 2.05) is 17.5 Å². The summed E-state index contributed by atoms with van der Waals surface area (Å²) in [6.45, 7) is 4.16. The van der Waals surface area contributed by atoms with Gasteiger partial charge in [-0.05, 0) is 35.7 Å². The molecule has 3 aromatic rings. The quantitative estimate of drug-likeness (QED) is 0.680. The Morgan fingerprint density at radius 1 is 1.57 bits per heavy atom. The van der Waals surface area contributed by atoms with Crippen LogP contribution in [0.15, 0.2) is 33.3 Å². The number of thiophene rings is 1. The van der Waals surface area contributed by atoms with Crippen LogP contribution in [0.4, 0.5) is 5.88 Å². The molecule has 0 saturated heterocycles. The van der Waals surface area contributed by atoms with E-state index >= 15 is 0 Å². The van der Waals surface area contributed by atoms with E-state index in [0.717, 1.165) is 4.88 Å². The number of hydrogen-bond donors (Lipinski definition) is 1. The maximum Gasteiger partial charge on any atom is 0.240 e. The summed E-state index contributed by atoms with van der Waals surface area (Å²) >= 11 is 2.93. The van der Waals surface area contributed by atoms with Gasteiger partial charge in [0.1, 0.15) is 0 Å². The van der Waals surface area contributed by atoms with Crippen LogP contribution in [0.5, 0.6) is 0 Å². The molecular formula is C13H14N6O2S2. The largest absolute Gasteiger partial charge is 0.338 e. The maximum atomic E-state index is 12.2. The van der Waals surface area contributed by atoms with Crippen molar-refractivity contribution in [2.45, 2.75) is 30.8 Å². The number of hydrogen-bond acceptors (Lipinski definition) is 8. The average Bonchev–Trinajstić information content (AvgIpc) is 3.24. The fraction of sp³-hybridized carbons (Fsp3) is 0.308. The molecule has 0 aliphatic rings. The number of aryl methyl sites for hydroxylation is 1. The van der Waals surface area contributed by atoms with Crippen molar-refractivity contribution in [3.63, 3.8) is 0 Å². The molecule has 1 atom stereocenters. The Morgan fingerprint density at radius 3 is 3.13 bits per heavy atom. The van der Waals surface area contributed by atoms with Crippen molar-refractivity contribution in [3.05, 3.63) is 34.2 Å². The Morgan fingerprint density at radius 2 is 2.43 bits per heavy atom. The molecule has 10 heteroatoms. The summed E-state index contributed by atoms with van der Waals surface area (Å²) in [5, 5.41) is 20.3. The molecule has 3 heterocycles. The Kier molecular flexibility index (Phi) is 4.72. The number of tetrazole rings is 1. The lowest BCUT2D eigenvalue weighted by atomic mass is 10.4. The van der Waals surface area contributed by atoms with Gasteiger partial charge in [0, 0.05) is 10.9 Å². The highest BCUT2D eigenvalue weighted by Gasteiger charge is 2.20. The fourth-order valence-corrected chi connectivity index (χ4v) is 3.26. The van der Waals surface area contributed by atoms with Gasteiger partial charge < -0.3 is 4.52 Å². The number of rotatable bonds is 6. The normalized spacial score (nSPS) is 12.3. The van der Waals surface area contributed by atoms with E-state index < -0.39 is 0 Å². The number of amides is 1. The molecule has 0 aliphatic heterocycles. The molecule has 0 bridgehead atoms. The van der Waals surface area contributed by atoms with E-state index in [-0.39, 0.29) is 11.2 Å². The van der Waals surface area contributed by atoms with Crippen LogP contribution in [0.2, 0.25) is 0 Å². The van der Waals surface area contributed by atoms with Crippen LogP contribution < -0.4 is 5.32 Å². The topological polar surface area (TPSA) is 98.7 Å². The zero-order valence-corrected chi connectivity index (χ0v) is 14.1. The van der Waals surface area contributed by atoms with Crippen LogP contribution in [-0.4, -0.2) is 36.5 Å². The monoisotopic (exact) mass is 350 g/mol. The zero-order chi connectivity index (χ0) is 16.2. The van der Waals surface area contributed by atoms with E-state index in [4.69, 9.17) is 4.52 Å². The van der Waals surface area contributed by atoms with E-state index in [2.05, 4.69) is 26.0 Å². The molecule has 23 heavy (non-hydrogen) atoms. The minimum atomic E-state index is -0.381. The van der Waals surface area contributed by atoms with Crippen molar-refractivity contribution in [2.75, 3.05) is 5.32 Å². The smallest absolute Gasteiger partial charge is 0.240 e. The molecule has 120 valence electrons. The van der Waals surface area contributed by atoms with Gasteiger partial charge in [-0.15, -0.1) is 16.4 Å². The van der Waals surface area contributed by atoms with Gasteiger partial charge in [0.05, 0.1) is 17.5 Å². The van der Waals surface area contributed by atoms with Gasteiger partial charge in [-0.3, -0.25) is 10.1 Å².